The molecule has 0 fully saturated rings. The van der Waals surface area contributed by atoms with Gasteiger partial charge in [-0.25, -0.2) is 0 Å². The van der Waals surface area contributed by atoms with Gasteiger partial charge in [0.15, 0.2) is 5.96 Å². The van der Waals surface area contributed by atoms with Gasteiger partial charge in [0.1, 0.15) is 0 Å². The minimum Gasteiger partial charge on any atom is -0.379 e. The molecule has 0 heterocycles. The molecule has 0 aliphatic heterocycles. The number of ether oxygens (including phenoxy) is 2. The maximum Gasteiger partial charge on any atom is 0.193 e. The number of nitrogens with two attached hydrogens (primary N) is 1. The summed E-state index contributed by atoms with van der Waals surface area (Å²) in [5, 5.41) is 3.25. The van der Waals surface area contributed by atoms with Crippen LogP contribution in [0, 0.1) is 0 Å². The number of benzene rings is 1. The third-order valence-electron chi connectivity index (χ3n) is 3.78. The number of anilines is 1. The van der Waals surface area contributed by atoms with Gasteiger partial charge in [0.25, 0.3) is 0 Å². The zero-order chi connectivity index (χ0) is 17.6. The van der Waals surface area contributed by atoms with Gasteiger partial charge in [-0.3, -0.25) is 4.99 Å². The molecule has 1 rings (SSSR count). The van der Waals surface area contributed by atoms with Crippen molar-refractivity contribution in [2.24, 2.45) is 10.7 Å². The lowest BCUT2D eigenvalue weighted by molar-refractivity contribution is 0.0498. The number of nitrogens with zero attached hydrogens (tertiary/aromatic N) is 1. The third kappa shape index (κ3) is 7.79. The van der Waals surface area contributed by atoms with Gasteiger partial charge in [-0.2, -0.15) is 0 Å². The van der Waals surface area contributed by atoms with E-state index in [4.69, 9.17) is 15.2 Å². The summed E-state index contributed by atoms with van der Waals surface area (Å²) in [5.74, 6) is 0.438. The van der Waals surface area contributed by atoms with Crippen LogP contribution in [0.4, 0.5) is 5.69 Å². The number of para-hydroxylation sites is 1. The quantitative estimate of drug-likeness (QED) is 0.349. The summed E-state index contributed by atoms with van der Waals surface area (Å²) < 4.78 is 10.9. The molecule has 0 radical (unpaired) electrons. The van der Waals surface area contributed by atoms with E-state index >= 15 is 0 Å². The van der Waals surface area contributed by atoms with E-state index in [-0.39, 0.29) is 0 Å². The molecule has 24 heavy (non-hydrogen) atoms. The number of hydrogen-bond donors (Lipinski definition) is 2. The largest absolute Gasteiger partial charge is 0.379 e. The molecule has 0 aliphatic carbocycles. The van der Waals surface area contributed by atoms with Crippen LogP contribution in [-0.2, 0) is 22.3 Å². The van der Waals surface area contributed by atoms with Crippen LogP contribution in [-0.4, -0.2) is 38.9 Å². The van der Waals surface area contributed by atoms with E-state index in [9.17, 15) is 0 Å². The first kappa shape index (κ1) is 20.5. The van der Waals surface area contributed by atoms with Crippen LogP contribution in [0.1, 0.15) is 44.7 Å². The number of nitrogens with one attached hydrogen (secondary N) is 1. The van der Waals surface area contributed by atoms with Crippen LogP contribution >= 0.6 is 0 Å². The first-order chi connectivity index (χ1) is 11.7. The Bertz CT molecular complexity index is 467. The highest BCUT2D eigenvalue weighted by molar-refractivity contribution is 5.93. The highest BCUT2D eigenvalue weighted by Gasteiger charge is 2.06. The van der Waals surface area contributed by atoms with Crippen molar-refractivity contribution in [3.8, 4) is 0 Å². The van der Waals surface area contributed by atoms with Gasteiger partial charge in [0.2, 0.25) is 0 Å². The Balaban J connectivity index is 2.32. The van der Waals surface area contributed by atoms with Crippen molar-refractivity contribution in [3.63, 3.8) is 0 Å². The second-order valence-electron chi connectivity index (χ2n) is 5.63. The SMILES string of the molecule is CCCCOCCOCCN=C(N)Nc1c(CC)cccc1CC. The average Bonchev–Trinajstić information content (AvgIpc) is 2.60. The molecule has 0 unspecified atom stereocenters. The molecule has 0 aliphatic rings. The molecule has 1 aromatic rings. The lowest BCUT2D eigenvalue weighted by Gasteiger charge is -2.14. The third-order valence-corrected chi connectivity index (χ3v) is 3.78. The fourth-order valence-corrected chi connectivity index (χ4v) is 2.37. The molecule has 136 valence electrons. The monoisotopic (exact) mass is 335 g/mol. The van der Waals surface area contributed by atoms with E-state index in [1.807, 2.05) is 0 Å². The molecule has 5 nitrogen and oxygen atoms in total. The van der Waals surface area contributed by atoms with Crippen molar-refractivity contribution in [2.45, 2.75) is 46.5 Å². The predicted octanol–water partition coefficient (Wildman–Crippen LogP) is 3.37. The van der Waals surface area contributed by atoms with Crippen molar-refractivity contribution in [3.05, 3.63) is 29.3 Å². The van der Waals surface area contributed by atoms with E-state index in [1.54, 1.807) is 0 Å². The van der Waals surface area contributed by atoms with Crippen LogP contribution in [0.2, 0.25) is 0 Å². The predicted molar refractivity (Wildman–Crippen MR) is 102 cm³/mol. The smallest absolute Gasteiger partial charge is 0.193 e. The summed E-state index contributed by atoms with van der Waals surface area (Å²) in [4.78, 5) is 4.33. The topological polar surface area (TPSA) is 68.9 Å². The summed E-state index contributed by atoms with van der Waals surface area (Å²) >= 11 is 0. The van der Waals surface area contributed by atoms with Crippen molar-refractivity contribution in [1.29, 1.82) is 0 Å². The molecule has 0 aromatic heterocycles. The summed E-state index contributed by atoms with van der Waals surface area (Å²) in [6, 6.07) is 6.33. The second kappa shape index (κ2) is 12.8. The zero-order valence-corrected chi connectivity index (χ0v) is 15.4. The van der Waals surface area contributed by atoms with Gasteiger partial charge in [-0.05, 0) is 30.4 Å². The molecule has 3 N–H and O–H groups in total. The summed E-state index contributed by atoms with van der Waals surface area (Å²) in [6.45, 7) is 9.59. The number of rotatable bonds is 12. The normalized spacial score (nSPS) is 11.7. The average molecular weight is 335 g/mol. The number of aryl methyl sites for hydroxylation is 2. The van der Waals surface area contributed by atoms with E-state index in [0.29, 0.717) is 32.3 Å². The van der Waals surface area contributed by atoms with Crippen molar-refractivity contribution >= 4 is 11.6 Å². The Morgan fingerprint density at radius 3 is 2.21 bits per heavy atom. The Hall–Kier alpha value is -1.59. The van der Waals surface area contributed by atoms with Gasteiger partial charge in [-0.1, -0.05) is 45.4 Å². The number of hydrogen-bond acceptors (Lipinski definition) is 3. The Morgan fingerprint density at radius 2 is 1.62 bits per heavy atom. The maximum absolute atomic E-state index is 6.01. The highest BCUT2D eigenvalue weighted by Crippen LogP contribution is 2.22. The lowest BCUT2D eigenvalue weighted by Crippen LogP contribution is -2.25. The molecular formula is C19H33N3O2. The molecule has 0 amide bonds. The molecule has 0 atom stereocenters. The van der Waals surface area contributed by atoms with Crippen LogP contribution in [0.3, 0.4) is 0 Å². The minimum atomic E-state index is 0.438. The molecule has 1 aromatic carbocycles. The molecule has 0 spiro atoms. The molecular weight excluding hydrogens is 302 g/mol. The Kier molecular flexibility index (Phi) is 10.9. The number of unbranched alkanes of at least 4 members (excludes halogenated alkanes) is 1. The lowest BCUT2D eigenvalue weighted by atomic mass is 10.0. The van der Waals surface area contributed by atoms with Gasteiger partial charge < -0.3 is 20.5 Å². The summed E-state index contributed by atoms with van der Waals surface area (Å²) in [6.07, 6.45) is 4.18. The Labute approximate surface area is 146 Å². The first-order valence-electron chi connectivity index (χ1n) is 9.06. The molecule has 0 saturated carbocycles. The van der Waals surface area contributed by atoms with Crippen LogP contribution in [0.5, 0.6) is 0 Å². The van der Waals surface area contributed by atoms with E-state index < -0.39 is 0 Å². The van der Waals surface area contributed by atoms with Crippen LogP contribution in [0.15, 0.2) is 23.2 Å². The van der Waals surface area contributed by atoms with Crippen molar-refractivity contribution in [1.82, 2.24) is 0 Å². The number of guanidine groups is 1. The van der Waals surface area contributed by atoms with Crippen LogP contribution in [0.25, 0.3) is 0 Å². The van der Waals surface area contributed by atoms with E-state index in [1.165, 1.54) is 11.1 Å². The standard InChI is InChI=1S/C19H33N3O2/c1-4-7-12-23-14-15-24-13-11-21-19(20)22-18-16(5-2)9-8-10-17(18)6-3/h8-10H,4-7,11-15H2,1-3H3,(H3,20,21,22). The van der Waals surface area contributed by atoms with Gasteiger partial charge in [0.05, 0.1) is 26.4 Å². The zero-order valence-electron chi connectivity index (χ0n) is 15.4. The summed E-state index contributed by atoms with van der Waals surface area (Å²) in [7, 11) is 0. The highest BCUT2D eigenvalue weighted by atomic mass is 16.5. The summed E-state index contributed by atoms with van der Waals surface area (Å²) in [5.41, 5.74) is 9.61. The molecule has 0 bridgehead atoms. The Morgan fingerprint density at radius 1 is 1.00 bits per heavy atom. The molecule has 0 saturated heterocycles. The van der Waals surface area contributed by atoms with Crippen molar-refractivity contribution < 1.29 is 9.47 Å². The second-order valence-corrected chi connectivity index (χ2v) is 5.63. The van der Waals surface area contributed by atoms with E-state index in [0.717, 1.165) is 38.0 Å². The van der Waals surface area contributed by atoms with Gasteiger partial charge in [-0.15, -0.1) is 0 Å². The maximum atomic E-state index is 6.01. The number of aliphatic imine (C=N–C) groups is 1. The van der Waals surface area contributed by atoms with Crippen molar-refractivity contribution in [2.75, 3.05) is 38.3 Å². The van der Waals surface area contributed by atoms with Gasteiger partial charge >= 0.3 is 0 Å². The van der Waals surface area contributed by atoms with E-state index in [2.05, 4.69) is 49.3 Å². The fraction of sp³-hybridized carbons (Fsp3) is 0.632. The van der Waals surface area contributed by atoms with Crippen LogP contribution < -0.4 is 11.1 Å². The van der Waals surface area contributed by atoms with Gasteiger partial charge in [0, 0.05) is 12.3 Å². The minimum absolute atomic E-state index is 0.438. The fourth-order valence-electron chi connectivity index (χ4n) is 2.37. The molecule has 5 heteroatoms. The first-order valence-corrected chi connectivity index (χ1v) is 9.06.